The second-order valence-corrected chi connectivity index (χ2v) is 7.96. The molecule has 4 heteroatoms. The molecule has 1 rings (SSSR count). The van der Waals surface area contributed by atoms with Crippen molar-refractivity contribution >= 4 is 11.8 Å². The molecule has 0 fully saturated rings. The minimum atomic E-state index is 0.657. The highest BCUT2D eigenvalue weighted by atomic mass is 32.2. The van der Waals surface area contributed by atoms with Crippen LogP contribution in [0.15, 0.2) is 30.3 Å². The molecular weight excluding hydrogens is 356 g/mol. The molecule has 0 unspecified atom stereocenters. The molecule has 3 nitrogen and oxygen atoms in total. The summed E-state index contributed by atoms with van der Waals surface area (Å²) in [6, 6.07) is 10.6. The third kappa shape index (κ3) is 17.3. The van der Waals surface area contributed by atoms with E-state index >= 15 is 0 Å². The molecule has 0 N–H and O–H groups in total. The molecule has 0 heterocycles. The zero-order valence-electron chi connectivity index (χ0n) is 17.3. The molecule has 0 aliphatic carbocycles. The van der Waals surface area contributed by atoms with Gasteiger partial charge in [0.15, 0.2) is 0 Å². The van der Waals surface area contributed by atoms with Crippen LogP contribution in [0.2, 0.25) is 0 Å². The van der Waals surface area contributed by atoms with Crippen LogP contribution >= 0.6 is 11.8 Å². The fourth-order valence-corrected chi connectivity index (χ4v) is 3.57. The van der Waals surface area contributed by atoms with Crippen LogP contribution in [0, 0.1) is 0 Å². The van der Waals surface area contributed by atoms with Crippen LogP contribution in [0.4, 0.5) is 0 Å². The maximum atomic E-state index is 5.61. The molecule has 27 heavy (non-hydrogen) atoms. The van der Waals surface area contributed by atoms with Crippen molar-refractivity contribution in [3.05, 3.63) is 35.9 Å². The summed E-state index contributed by atoms with van der Waals surface area (Å²) in [6.45, 7) is 6.62. The van der Waals surface area contributed by atoms with Crippen molar-refractivity contribution < 1.29 is 14.2 Å². The van der Waals surface area contributed by atoms with Gasteiger partial charge in [-0.2, -0.15) is 11.8 Å². The molecular formula is C23H40O3S. The van der Waals surface area contributed by atoms with Gasteiger partial charge < -0.3 is 14.2 Å². The van der Waals surface area contributed by atoms with Crippen LogP contribution in [-0.4, -0.2) is 45.4 Å². The van der Waals surface area contributed by atoms with Crippen molar-refractivity contribution in [2.75, 3.05) is 45.4 Å². The standard InChI is InChI=1S/C23H40O3S/c1-2-3-4-5-6-7-8-12-15-24-16-17-25-18-19-26-20-21-27-22-23-13-10-9-11-14-23/h9-11,13-14H,2-8,12,15-22H2,1H3. The maximum absolute atomic E-state index is 5.61. The van der Waals surface area contributed by atoms with Gasteiger partial charge in [-0.05, 0) is 12.0 Å². The van der Waals surface area contributed by atoms with Crippen LogP contribution in [0.1, 0.15) is 63.9 Å². The molecule has 0 atom stereocenters. The molecule has 1 aromatic carbocycles. The lowest BCUT2D eigenvalue weighted by molar-refractivity contribution is 0.0167. The van der Waals surface area contributed by atoms with Gasteiger partial charge >= 0.3 is 0 Å². The largest absolute Gasteiger partial charge is 0.379 e. The van der Waals surface area contributed by atoms with E-state index in [4.69, 9.17) is 14.2 Å². The first kappa shape index (κ1) is 24.5. The number of ether oxygens (including phenoxy) is 3. The van der Waals surface area contributed by atoms with E-state index in [1.54, 1.807) is 0 Å². The second kappa shape index (κ2) is 20.2. The normalized spacial score (nSPS) is 11.1. The lowest BCUT2D eigenvalue weighted by Gasteiger charge is -2.07. The zero-order chi connectivity index (χ0) is 19.3. The Balaban J connectivity index is 1.67. The minimum Gasteiger partial charge on any atom is -0.379 e. The predicted octanol–water partition coefficient (Wildman–Crippen LogP) is 6.11. The number of benzene rings is 1. The first-order valence-corrected chi connectivity index (χ1v) is 11.9. The highest BCUT2D eigenvalue weighted by molar-refractivity contribution is 7.98. The van der Waals surface area contributed by atoms with E-state index in [1.165, 1.54) is 56.9 Å². The van der Waals surface area contributed by atoms with Gasteiger partial charge in [-0.15, -0.1) is 0 Å². The fraction of sp³-hybridized carbons (Fsp3) is 0.739. The summed E-state index contributed by atoms with van der Waals surface area (Å²) in [7, 11) is 0. The molecule has 0 saturated carbocycles. The fourth-order valence-electron chi connectivity index (χ4n) is 2.76. The Kier molecular flexibility index (Phi) is 18.3. The van der Waals surface area contributed by atoms with Gasteiger partial charge in [-0.25, -0.2) is 0 Å². The van der Waals surface area contributed by atoms with Crippen LogP contribution in [0.25, 0.3) is 0 Å². The van der Waals surface area contributed by atoms with E-state index in [0.29, 0.717) is 26.4 Å². The summed E-state index contributed by atoms with van der Waals surface area (Å²) in [5.74, 6) is 2.08. The summed E-state index contributed by atoms with van der Waals surface area (Å²) in [6.07, 6.45) is 10.7. The Morgan fingerprint density at radius 2 is 1.19 bits per heavy atom. The Hall–Kier alpha value is -0.550. The molecule has 0 aliphatic heterocycles. The van der Waals surface area contributed by atoms with Crippen LogP contribution in [-0.2, 0) is 20.0 Å². The van der Waals surface area contributed by atoms with Gasteiger partial charge in [0, 0.05) is 18.1 Å². The molecule has 156 valence electrons. The number of hydrogen-bond acceptors (Lipinski definition) is 4. The third-order valence-electron chi connectivity index (χ3n) is 4.37. The van der Waals surface area contributed by atoms with Gasteiger partial charge in [-0.1, -0.05) is 82.2 Å². The highest BCUT2D eigenvalue weighted by Gasteiger charge is 1.95. The van der Waals surface area contributed by atoms with E-state index in [1.807, 2.05) is 11.8 Å². The number of rotatable bonds is 20. The number of unbranched alkanes of at least 4 members (excludes halogenated alkanes) is 7. The first-order valence-electron chi connectivity index (χ1n) is 10.8. The molecule has 0 amide bonds. The topological polar surface area (TPSA) is 27.7 Å². The monoisotopic (exact) mass is 396 g/mol. The molecule has 0 aromatic heterocycles. The van der Waals surface area contributed by atoms with Crippen molar-refractivity contribution in [1.29, 1.82) is 0 Å². The number of thioether (sulfide) groups is 1. The van der Waals surface area contributed by atoms with Crippen LogP contribution in [0.3, 0.4) is 0 Å². The molecule has 0 radical (unpaired) electrons. The van der Waals surface area contributed by atoms with Gasteiger partial charge in [0.05, 0.1) is 33.0 Å². The summed E-state index contributed by atoms with van der Waals surface area (Å²) >= 11 is 1.91. The minimum absolute atomic E-state index is 0.657. The lowest BCUT2D eigenvalue weighted by atomic mass is 10.1. The van der Waals surface area contributed by atoms with E-state index in [2.05, 4.69) is 37.3 Å². The Morgan fingerprint density at radius 3 is 1.85 bits per heavy atom. The van der Waals surface area contributed by atoms with Gasteiger partial charge in [0.2, 0.25) is 0 Å². The quantitative estimate of drug-likeness (QED) is 0.249. The maximum Gasteiger partial charge on any atom is 0.0701 e. The first-order chi connectivity index (χ1) is 13.4. The van der Waals surface area contributed by atoms with E-state index in [9.17, 15) is 0 Å². The Bertz CT molecular complexity index is 400. The van der Waals surface area contributed by atoms with E-state index in [-0.39, 0.29) is 0 Å². The lowest BCUT2D eigenvalue weighted by Crippen LogP contribution is -2.10. The van der Waals surface area contributed by atoms with Crippen molar-refractivity contribution in [1.82, 2.24) is 0 Å². The molecule has 0 aliphatic rings. The number of hydrogen-bond donors (Lipinski definition) is 0. The van der Waals surface area contributed by atoms with E-state index in [0.717, 1.165) is 24.7 Å². The van der Waals surface area contributed by atoms with Crippen molar-refractivity contribution in [3.63, 3.8) is 0 Å². The molecule has 1 aromatic rings. The van der Waals surface area contributed by atoms with E-state index < -0.39 is 0 Å². The SMILES string of the molecule is CCCCCCCCCCOCCOCCOCCSCc1ccccc1. The zero-order valence-corrected chi connectivity index (χ0v) is 18.1. The molecule has 0 spiro atoms. The van der Waals surface area contributed by atoms with Gasteiger partial charge in [0.1, 0.15) is 0 Å². The molecule has 0 saturated heterocycles. The van der Waals surface area contributed by atoms with Crippen molar-refractivity contribution in [3.8, 4) is 0 Å². The Labute approximate surface area is 171 Å². The smallest absolute Gasteiger partial charge is 0.0701 e. The third-order valence-corrected chi connectivity index (χ3v) is 5.36. The van der Waals surface area contributed by atoms with Crippen LogP contribution in [0.5, 0.6) is 0 Å². The molecule has 0 bridgehead atoms. The summed E-state index contributed by atoms with van der Waals surface area (Å²) in [5.41, 5.74) is 1.37. The predicted molar refractivity (Wildman–Crippen MR) is 118 cm³/mol. The summed E-state index contributed by atoms with van der Waals surface area (Å²) in [4.78, 5) is 0. The summed E-state index contributed by atoms with van der Waals surface area (Å²) in [5, 5.41) is 0. The summed E-state index contributed by atoms with van der Waals surface area (Å²) < 4.78 is 16.7. The highest BCUT2D eigenvalue weighted by Crippen LogP contribution is 2.11. The van der Waals surface area contributed by atoms with Gasteiger partial charge in [0.25, 0.3) is 0 Å². The van der Waals surface area contributed by atoms with Crippen molar-refractivity contribution in [2.45, 2.75) is 64.0 Å². The van der Waals surface area contributed by atoms with Crippen molar-refractivity contribution in [2.24, 2.45) is 0 Å². The second-order valence-electron chi connectivity index (χ2n) is 6.85. The average molecular weight is 397 g/mol. The van der Waals surface area contributed by atoms with Crippen LogP contribution < -0.4 is 0 Å². The average Bonchev–Trinajstić information content (AvgIpc) is 2.70. The van der Waals surface area contributed by atoms with Gasteiger partial charge in [-0.3, -0.25) is 0 Å². The Morgan fingerprint density at radius 1 is 0.630 bits per heavy atom.